The van der Waals surface area contributed by atoms with Gasteiger partial charge in [-0.2, -0.15) is 0 Å². The van der Waals surface area contributed by atoms with E-state index in [-0.39, 0.29) is 6.54 Å². The molecule has 0 spiro atoms. The van der Waals surface area contributed by atoms with Crippen LogP contribution in [0.5, 0.6) is 0 Å². The van der Waals surface area contributed by atoms with Gasteiger partial charge in [-0.15, -0.1) is 0 Å². The van der Waals surface area contributed by atoms with E-state index in [1.807, 2.05) is 43.3 Å². The summed E-state index contributed by atoms with van der Waals surface area (Å²) in [5, 5.41) is -0.726. The molecule has 112 valence electrons. The summed E-state index contributed by atoms with van der Waals surface area (Å²) in [7, 11) is 0.405. The van der Waals surface area contributed by atoms with E-state index in [0.29, 0.717) is 10.5 Å². The minimum atomic E-state index is -3.48. The molecule has 0 saturated heterocycles. The lowest BCUT2D eigenvalue weighted by atomic mass is 10.1. The predicted molar refractivity (Wildman–Crippen MR) is 86.2 cm³/mol. The lowest BCUT2D eigenvalue weighted by Crippen LogP contribution is -2.22. The summed E-state index contributed by atoms with van der Waals surface area (Å²) in [5.41, 5.74) is 7.47. The zero-order valence-electron chi connectivity index (χ0n) is 12.2. The number of hydrogen-bond acceptors (Lipinski definition) is 4. The van der Waals surface area contributed by atoms with E-state index < -0.39 is 15.1 Å². The first-order chi connectivity index (χ1) is 9.96. The first kappa shape index (κ1) is 15.5. The molecule has 0 aliphatic rings. The quantitative estimate of drug-likeness (QED) is 0.920. The van der Waals surface area contributed by atoms with E-state index in [9.17, 15) is 8.42 Å². The van der Waals surface area contributed by atoms with Crippen LogP contribution in [0.25, 0.3) is 0 Å². The van der Waals surface area contributed by atoms with Crippen molar-refractivity contribution >= 4 is 15.5 Å². The van der Waals surface area contributed by atoms with Gasteiger partial charge in [-0.05, 0) is 29.8 Å². The van der Waals surface area contributed by atoms with Crippen LogP contribution in [-0.4, -0.2) is 29.1 Å². The molecule has 2 rings (SSSR count). The Morgan fingerprint density at radius 2 is 1.57 bits per heavy atom. The first-order valence-electron chi connectivity index (χ1n) is 6.73. The van der Waals surface area contributed by atoms with Gasteiger partial charge in [0.2, 0.25) is 0 Å². The van der Waals surface area contributed by atoms with Crippen molar-refractivity contribution in [2.75, 3.05) is 25.5 Å². The molecule has 2 aromatic carbocycles. The Bertz CT molecular complexity index is 680. The molecule has 0 heterocycles. The molecular formula is C16H20N2O2S. The fourth-order valence-electron chi connectivity index (χ4n) is 2.20. The second-order valence-corrected chi connectivity index (χ2v) is 7.20. The molecule has 0 aromatic heterocycles. The third kappa shape index (κ3) is 3.25. The van der Waals surface area contributed by atoms with Crippen LogP contribution in [0, 0.1) is 0 Å². The summed E-state index contributed by atoms with van der Waals surface area (Å²) in [6.07, 6.45) is 0. The van der Waals surface area contributed by atoms with Crippen molar-refractivity contribution in [1.82, 2.24) is 0 Å². The normalized spacial score (nSPS) is 12.9. The maximum Gasteiger partial charge on any atom is 0.186 e. The van der Waals surface area contributed by atoms with Crippen LogP contribution < -0.4 is 10.6 Å². The van der Waals surface area contributed by atoms with Gasteiger partial charge in [0.1, 0.15) is 5.25 Å². The van der Waals surface area contributed by atoms with Gasteiger partial charge < -0.3 is 10.6 Å². The molecule has 21 heavy (non-hydrogen) atoms. The molecule has 2 aromatic rings. The molecule has 1 atom stereocenters. The Morgan fingerprint density at radius 3 is 2.05 bits per heavy atom. The Hall–Kier alpha value is -1.85. The molecule has 0 aliphatic heterocycles. The van der Waals surface area contributed by atoms with Crippen molar-refractivity contribution < 1.29 is 8.42 Å². The van der Waals surface area contributed by atoms with E-state index in [1.54, 1.807) is 30.3 Å². The zero-order valence-corrected chi connectivity index (χ0v) is 13.0. The molecule has 1 unspecified atom stereocenters. The van der Waals surface area contributed by atoms with Crippen LogP contribution in [0.2, 0.25) is 0 Å². The fourth-order valence-corrected chi connectivity index (χ4v) is 3.84. The Kier molecular flexibility index (Phi) is 4.65. The van der Waals surface area contributed by atoms with Crippen LogP contribution in [-0.2, 0) is 9.84 Å². The molecule has 0 bridgehead atoms. The average molecular weight is 304 g/mol. The fraction of sp³-hybridized carbons (Fsp3) is 0.250. The second-order valence-electron chi connectivity index (χ2n) is 5.07. The van der Waals surface area contributed by atoms with E-state index in [1.165, 1.54) is 0 Å². The van der Waals surface area contributed by atoms with Crippen LogP contribution in [0.15, 0.2) is 59.5 Å². The third-order valence-corrected chi connectivity index (χ3v) is 5.58. The van der Waals surface area contributed by atoms with Crippen molar-refractivity contribution in [3.8, 4) is 0 Å². The van der Waals surface area contributed by atoms with Crippen molar-refractivity contribution in [1.29, 1.82) is 0 Å². The summed E-state index contributed by atoms with van der Waals surface area (Å²) >= 11 is 0. The van der Waals surface area contributed by atoms with Crippen molar-refractivity contribution in [2.45, 2.75) is 10.1 Å². The summed E-state index contributed by atoms with van der Waals surface area (Å²) in [6, 6.07) is 15.9. The largest absolute Gasteiger partial charge is 0.378 e. The van der Waals surface area contributed by atoms with Crippen LogP contribution in [0.4, 0.5) is 5.69 Å². The number of hydrogen-bond donors (Lipinski definition) is 1. The molecule has 0 amide bonds. The van der Waals surface area contributed by atoms with Gasteiger partial charge in [0.05, 0.1) is 4.90 Å². The summed E-state index contributed by atoms with van der Waals surface area (Å²) < 4.78 is 25.4. The second kappa shape index (κ2) is 6.28. The van der Waals surface area contributed by atoms with Gasteiger partial charge in [0, 0.05) is 26.3 Å². The third-order valence-electron chi connectivity index (χ3n) is 3.44. The molecular weight excluding hydrogens is 284 g/mol. The number of nitrogens with two attached hydrogens (primary N) is 1. The van der Waals surface area contributed by atoms with Gasteiger partial charge >= 0.3 is 0 Å². The highest BCUT2D eigenvalue weighted by Gasteiger charge is 2.27. The Balaban J connectivity index is 2.40. The highest BCUT2D eigenvalue weighted by Crippen LogP contribution is 2.29. The molecule has 2 N–H and O–H groups in total. The van der Waals surface area contributed by atoms with Gasteiger partial charge in [-0.3, -0.25) is 0 Å². The van der Waals surface area contributed by atoms with Gasteiger partial charge in [-0.1, -0.05) is 30.3 Å². The van der Waals surface area contributed by atoms with Crippen LogP contribution in [0.1, 0.15) is 10.8 Å². The highest BCUT2D eigenvalue weighted by atomic mass is 32.2. The van der Waals surface area contributed by atoms with E-state index >= 15 is 0 Å². The van der Waals surface area contributed by atoms with E-state index in [2.05, 4.69) is 0 Å². The minimum Gasteiger partial charge on any atom is -0.378 e. The maximum atomic E-state index is 12.7. The number of benzene rings is 2. The topological polar surface area (TPSA) is 63.4 Å². The van der Waals surface area contributed by atoms with E-state index in [4.69, 9.17) is 5.73 Å². The lowest BCUT2D eigenvalue weighted by Gasteiger charge is -2.18. The SMILES string of the molecule is CN(C)c1ccc(C(CN)S(=O)(=O)c2ccccc2)cc1. The molecule has 5 heteroatoms. The summed E-state index contributed by atoms with van der Waals surface area (Å²) in [5.74, 6) is 0. The van der Waals surface area contributed by atoms with Crippen LogP contribution >= 0.6 is 0 Å². The monoisotopic (exact) mass is 304 g/mol. The summed E-state index contributed by atoms with van der Waals surface area (Å²) in [6.45, 7) is 0.0541. The number of sulfone groups is 1. The maximum absolute atomic E-state index is 12.7. The number of nitrogens with zero attached hydrogens (tertiary/aromatic N) is 1. The van der Waals surface area contributed by atoms with Gasteiger partial charge in [-0.25, -0.2) is 8.42 Å². The molecule has 0 radical (unpaired) electrons. The van der Waals surface area contributed by atoms with Crippen molar-refractivity contribution in [3.05, 3.63) is 60.2 Å². The Morgan fingerprint density at radius 1 is 1.00 bits per heavy atom. The summed E-state index contributed by atoms with van der Waals surface area (Å²) in [4.78, 5) is 2.27. The highest BCUT2D eigenvalue weighted by molar-refractivity contribution is 7.91. The van der Waals surface area contributed by atoms with E-state index in [0.717, 1.165) is 5.69 Å². The van der Waals surface area contributed by atoms with Gasteiger partial charge in [0.15, 0.2) is 9.84 Å². The minimum absolute atomic E-state index is 0.0541. The molecule has 0 aliphatic carbocycles. The lowest BCUT2D eigenvalue weighted by molar-refractivity contribution is 0.582. The molecule has 4 nitrogen and oxygen atoms in total. The average Bonchev–Trinajstić information content (AvgIpc) is 2.49. The van der Waals surface area contributed by atoms with Crippen molar-refractivity contribution in [3.63, 3.8) is 0 Å². The number of anilines is 1. The number of rotatable bonds is 5. The first-order valence-corrected chi connectivity index (χ1v) is 8.27. The molecule has 0 fully saturated rings. The van der Waals surface area contributed by atoms with Crippen molar-refractivity contribution in [2.24, 2.45) is 5.73 Å². The zero-order chi connectivity index (χ0) is 15.5. The van der Waals surface area contributed by atoms with Gasteiger partial charge in [0.25, 0.3) is 0 Å². The standard InChI is InChI=1S/C16H20N2O2S/c1-18(2)14-10-8-13(9-11-14)16(12-17)21(19,20)15-6-4-3-5-7-15/h3-11,16H,12,17H2,1-2H3. The smallest absolute Gasteiger partial charge is 0.186 e. The predicted octanol–water partition coefficient (Wildman–Crippen LogP) is 2.23. The van der Waals surface area contributed by atoms with Crippen LogP contribution in [0.3, 0.4) is 0 Å². The molecule has 0 saturated carbocycles. The Labute approximate surface area is 126 Å².